The third-order valence-electron chi connectivity index (χ3n) is 3.09. The molecule has 0 nitrogen and oxygen atoms in total. The van der Waals surface area contributed by atoms with Gasteiger partial charge in [-0.3, -0.25) is 0 Å². The lowest BCUT2D eigenvalue weighted by Crippen LogP contribution is -2.17. The summed E-state index contributed by atoms with van der Waals surface area (Å²) in [5.74, 6) is 0. The van der Waals surface area contributed by atoms with Crippen LogP contribution in [0.3, 0.4) is 0 Å². The molecule has 90 valence electrons. The second-order valence-corrected chi connectivity index (χ2v) is 7.11. The zero-order chi connectivity index (χ0) is 11.8. The number of aryl methyl sites for hydroxylation is 1. The molecule has 0 saturated carbocycles. The van der Waals surface area contributed by atoms with Gasteiger partial charge in [0.2, 0.25) is 0 Å². The predicted octanol–water partition coefficient (Wildman–Crippen LogP) is 3.48. The van der Waals surface area contributed by atoms with Gasteiger partial charge in [-0.2, -0.15) is 0 Å². The molecule has 0 N–H and O–H groups in total. The molecule has 1 aromatic carbocycles. The summed E-state index contributed by atoms with van der Waals surface area (Å²) in [6.45, 7) is 4.55. The van der Waals surface area contributed by atoms with Crippen LogP contribution in [-0.2, 0) is 12.8 Å². The monoisotopic (exact) mass is 298 g/mol. The lowest BCUT2D eigenvalue weighted by Gasteiger charge is -2.13. The molecule has 0 heterocycles. The maximum atomic E-state index is 3.74. The van der Waals surface area contributed by atoms with Crippen LogP contribution >= 0.6 is 15.3 Å². The van der Waals surface area contributed by atoms with E-state index in [0.29, 0.717) is 0 Å². The van der Waals surface area contributed by atoms with Crippen LogP contribution in [0.15, 0.2) is 18.2 Å². The van der Waals surface area contributed by atoms with E-state index in [1.807, 2.05) is 0 Å². The number of halogens is 1. The second-order valence-electron chi connectivity index (χ2n) is 4.40. The molecular weight excluding hydrogens is 276 g/mol. The van der Waals surface area contributed by atoms with E-state index in [1.54, 1.807) is 16.3 Å². The fourth-order valence-corrected chi connectivity index (χ4v) is 4.46. The van der Waals surface area contributed by atoms with Crippen LogP contribution in [0, 0.1) is 0 Å². The summed E-state index contributed by atoms with van der Waals surface area (Å²) in [5.41, 5.74) is 3.28. The molecule has 1 rings (SSSR count). The molecule has 0 fully saturated rings. The highest BCUT2D eigenvalue weighted by Crippen LogP contribution is 2.13. The quantitative estimate of drug-likeness (QED) is 0.534. The smallest absolute Gasteiger partial charge is 0.129 e. The van der Waals surface area contributed by atoms with Crippen molar-refractivity contribution in [1.82, 2.24) is 0 Å². The highest BCUT2D eigenvalue weighted by molar-refractivity contribution is 9.23. The first kappa shape index (κ1) is 14.0. The molecule has 0 aliphatic carbocycles. The predicted molar refractivity (Wildman–Crippen MR) is 80.8 cm³/mol. The summed E-state index contributed by atoms with van der Waals surface area (Å²) in [6, 6.07) is 6.90. The Morgan fingerprint density at radius 3 is 2.38 bits per heavy atom. The van der Waals surface area contributed by atoms with Crippen molar-refractivity contribution >= 4 is 28.6 Å². The molecule has 0 unspecified atom stereocenters. The average Bonchev–Trinajstić information content (AvgIpc) is 2.33. The number of hydrogen-bond donors (Lipinski definition) is 0. The Morgan fingerprint density at radius 1 is 1.06 bits per heavy atom. The van der Waals surface area contributed by atoms with Crippen molar-refractivity contribution in [3.8, 4) is 0 Å². The molecule has 16 heavy (non-hydrogen) atoms. The third-order valence-corrected chi connectivity index (χ3v) is 5.86. The average molecular weight is 299 g/mol. The normalized spacial score (nSPS) is 11.4. The van der Waals surface area contributed by atoms with Crippen LogP contribution < -0.4 is 5.19 Å². The van der Waals surface area contributed by atoms with Gasteiger partial charge in [-0.15, -0.1) is 15.3 Å². The summed E-state index contributed by atoms with van der Waals surface area (Å²) >= 11 is 3.74. The van der Waals surface area contributed by atoms with Crippen molar-refractivity contribution in [2.75, 3.05) is 0 Å². The second kappa shape index (κ2) is 8.07. The summed E-state index contributed by atoms with van der Waals surface area (Å²) < 4.78 is 0. The lowest BCUT2D eigenvalue weighted by atomic mass is 9.98. The fraction of sp³-hybridized carbons (Fsp3) is 0.571. The zero-order valence-electron chi connectivity index (χ0n) is 10.6. The van der Waals surface area contributed by atoms with Gasteiger partial charge in [-0.1, -0.05) is 50.1 Å². The van der Waals surface area contributed by atoms with Crippen molar-refractivity contribution in [3.05, 3.63) is 29.3 Å². The highest BCUT2D eigenvalue weighted by Gasteiger charge is 2.06. The molecule has 2 heteroatoms. The van der Waals surface area contributed by atoms with Crippen molar-refractivity contribution in [1.29, 1.82) is 0 Å². The van der Waals surface area contributed by atoms with Gasteiger partial charge < -0.3 is 0 Å². The van der Waals surface area contributed by atoms with Crippen LogP contribution in [-0.4, -0.2) is 8.14 Å². The Kier molecular flexibility index (Phi) is 7.05. The molecule has 0 saturated heterocycles. The minimum Gasteiger partial charge on any atom is -0.129 e. The maximum Gasteiger partial charge on any atom is 0.130 e. The van der Waals surface area contributed by atoms with Gasteiger partial charge in [0.15, 0.2) is 0 Å². The Labute approximate surface area is 110 Å². The highest BCUT2D eigenvalue weighted by atomic mass is 79.9. The molecule has 0 aliphatic heterocycles. The van der Waals surface area contributed by atoms with Crippen LogP contribution in [0.4, 0.5) is 0 Å². The summed E-state index contributed by atoms with van der Waals surface area (Å²) in [6.07, 6.45) is 7.80. The van der Waals surface area contributed by atoms with Crippen LogP contribution in [0.2, 0.25) is 0 Å². The van der Waals surface area contributed by atoms with E-state index >= 15 is 0 Å². The minimum atomic E-state index is -0.198. The van der Waals surface area contributed by atoms with Crippen molar-refractivity contribution in [3.63, 3.8) is 0 Å². The van der Waals surface area contributed by atoms with E-state index in [1.165, 1.54) is 38.5 Å². The van der Waals surface area contributed by atoms with Crippen molar-refractivity contribution in [2.24, 2.45) is 0 Å². The summed E-state index contributed by atoms with van der Waals surface area (Å²) in [5, 5.41) is 1.63. The minimum absolute atomic E-state index is 0.198. The largest absolute Gasteiger partial charge is 0.130 e. The van der Waals surface area contributed by atoms with E-state index in [2.05, 4.69) is 47.3 Å². The first-order chi connectivity index (χ1) is 7.83. The van der Waals surface area contributed by atoms with Gasteiger partial charge in [0, 0.05) is 0 Å². The summed E-state index contributed by atoms with van der Waals surface area (Å²) in [4.78, 5) is 0. The van der Waals surface area contributed by atoms with E-state index in [4.69, 9.17) is 0 Å². The van der Waals surface area contributed by atoms with Crippen molar-refractivity contribution in [2.45, 2.75) is 52.4 Å². The SMILES string of the molecule is CCCCc1cccc([SiH2]Br)c1CCCC. The Balaban J connectivity index is 2.86. The van der Waals surface area contributed by atoms with Gasteiger partial charge in [0.05, 0.1) is 0 Å². The fourth-order valence-electron chi connectivity index (χ4n) is 2.09. The Hall–Kier alpha value is -0.0831. The number of unbranched alkanes of at least 4 members (excludes halogenated alkanes) is 2. The molecule has 0 aromatic heterocycles. The van der Waals surface area contributed by atoms with Crippen LogP contribution in [0.1, 0.15) is 50.7 Å². The molecule has 0 amide bonds. The summed E-state index contributed by atoms with van der Waals surface area (Å²) in [7, 11) is -0.198. The molecule has 0 atom stereocenters. The molecule has 1 aromatic rings. The van der Waals surface area contributed by atoms with E-state index in [0.717, 1.165) is 0 Å². The Morgan fingerprint density at radius 2 is 1.75 bits per heavy atom. The number of benzene rings is 1. The van der Waals surface area contributed by atoms with Crippen molar-refractivity contribution < 1.29 is 0 Å². The van der Waals surface area contributed by atoms with Gasteiger partial charge in [0.1, 0.15) is 8.14 Å². The Bertz CT molecular complexity index is 310. The number of rotatable bonds is 7. The topological polar surface area (TPSA) is 0 Å². The molecular formula is C14H23BrSi. The first-order valence-corrected chi connectivity index (χ1v) is 11.1. The standard InChI is InChI=1S/C14H23BrSi/c1-3-5-8-12-9-7-11-14(16-15)13(12)10-6-4-2/h7,9,11H,3-6,8,10,16H2,1-2H3. The lowest BCUT2D eigenvalue weighted by molar-refractivity contribution is 0.761. The van der Waals surface area contributed by atoms with Crippen LogP contribution in [0.25, 0.3) is 0 Å². The maximum absolute atomic E-state index is 3.74. The van der Waals surface area contributed by atoms with E-state index < -0.39 is 0 Å². The molecule has 0 aliphatic rings. The molecule has 0 spiro atoms. The number of hydrogen-bond acceptors (Lipinski definition) is 0. The third kappa shape index (κ3) is 4.06. The molecule has 0 radical (unpaired) electrons. The van der Waals surface area contributed by atoms with Gasteiger partial charge in [-0.05, 0) is 36.8 Å². The van der Waals surface area contributed by atoms with Gasteiger partial charge in [-0.25, -0.2) is 0 Å². The zero-order valence-corrected chi connectivity index (χ0v) is 13.6. The van der Waals surface area contributed by atoms with E-state index in [9.17, 15) is 0 Å². The van der Waals surface area contributed by atoms with Gasteiger partial charge in [0.25, 0.3) is 0 Å². The van der Waals surface area contributed by atoms with E-state index in [-0.39, 0.29) is 8.14 Å². The first-order valence-electron chi connectivity index (χ1n) is 6.49. The van der Waals surface area contributed by atoms with Crippen LogP contribution in [0.5, 0.6) is 0 Å². The molecule has 0 bridgehead atoms. The van der Waals surface area contributed by atoms with Gasteiger partial charge >= 0.3 is 0 Å².